The van der Waals surface area contributed by atoms with Gasteiger partial charge < -0.3 is 10.4 Å². The number of nitrogens with one attached hydrogen (secondary N) is 1. The number of hydrogen-bond acceptors (Lipinski definition) is 2. The van der Waals surface area contributed by atoms with Gasteiger partial charge in [0.25, 0.3) is 0 Å². The van der Waals surface area contributed by atoms with Gasteiger partial charge in [0.05, 0.1) is 5.92 Å². The normalized spacial score (nSPS) is 22.2. The molecule has 2 N–H and O–H groups in total. The summed E-state index contributed by atoms with van der Waals surface area (Å²) in [4.78, 5) is 23.0. The Morgan fingerprint density at radius 1 is 1.16 bits per heavy atom. The molecule has 0 saturated heterocycles. The fourth-order valence-corrected chi connectivity index (χ4v) is 2.51. The van der Waals surface area contributed by atoms with E-state index in [0.717, 1.165) is 11.3 Å². The molecule has 0 radical (unpaired) electrons. The summed E-state index contributed by atoms with van der Waals surface area (Å²) in [6, 6.07) is 5.79. The van der Waals surface area contributed by atoms with Gasteiger partial charge >= 0.3 is 5.97 Å². The Bertz CT molecular complexity index is 510. The van der Waals surface area contributed by atoms with Crippen molar-refractivity contribution in [3.05, 3.63) is 29.3 Å². The summed E-state index contributed by atoms with van der Waals surface area (Å²) >= 11 is 0. The van der Waals surface area contributed by atoms with Crippen LogP contribution in [0.25, 0.3) is 0 Å². The molecular weight excluding hydrogens is 242 g/mol. The summed E-state index contributed by atoms with van der Waals surface area (Å²) in [6.07, 6.45) is 1.71. The number of carbonyl (C=O) groups excluding carboxylic acids is 1. The lowest BCUT2D eigenvalue weighted by Crippen LogP contribution is -2.21. The minimum absolute atomic E-state index is 0.0630. The SMILES string of the molecule is Cc1ccc(NC(=O)[C@H]2CC[C@@H](C(=O)O)C2)cc1C. The van der Waals surface area contributed by atoms with Crippen molar-refractivity contribution in [2.75, 3.05) is 5.32 Å². The van der Waals surface area contributed by atoms with E-state index in [1.165, 1.54) is 5.56 Å². The topological polar surface area (TPSA) is 66.4 Å². The second kappa shape index (κ2) is 5.43. The number of carboxylic acids is 1. The lowest BCUT2D eigenvalue weighted by Gasteiger charge is -2.12. The molecule has 102 valence electrons. The Balaban J connectivity index is 1.98. The predicted molar refractivity (Wildman–Crippen MR) is 73.0 cm³/mol. The molecule has 1 aliphatic rings. The first kappa shape index (κ1) is 13.6. The van der Waals surface area contributed by atoms with Crippen molar-refractivity contribution in [2.45, 2.75) is 33.1 Å². The molecule has 0 aromatic heterocycles. The Kier molecular flexibility index (Phi) is 3.88. The van der Waals surface area contributed by atoms with Gasteiger partial charge in [-0.15, -0.1) is 0 Å². The van der Waals surface area contributed by atoms with Gasteiger partial charge in [-0.05, 0) is 56.4 Å². The van der Waals surface area contributed by atoms with Gasteiger partial charge in [-0.1, -0.05) is 6.07 Å². The average Bonchev–Trinajstić information content (AvgIpc) is 2.83. The first-order chi connectivity index (χ1) is 8.97. The number of aliphatic carboxylic acids is 1. The zero-order valence-corrected chi connectivity index (χ0v) is 11.3. The smallest absolute Gasteiger partial charge is 0.306 e. The van der Waals surface area contributed by atoms with Gasteiger partial charge in [-0.2, -0.15) is 0 Å². The van der Waals surface area contributed by atoms with Gasteiger partial charge in [0, 0.05) is 11.6 Å². The highest BCUT2D eigenvalue weighted by molar-refractivity contribution is 5.93. The van der Waals surface area contributed by atoms with Crippen molar-refractivity contribution in [3.63, 3.8) is 0 Å². The highest BCUT2D eigenvalue weighted by Crippen LogP contribution is 2.32. The molecule has 2 rings (SSSR count). The molecule has 1 saturated carbocycles. The quantitative estimate of drug-likeness (QED) is 0.879. The zero-order chi connectivity index (χ0) is 14.0. The number of benzene rings is 1. The molecule has 2 atom stereocenters. The molecule has 1 aromatic carbocycles. The van der Waals surface area contributed by atoms with Gasteiger partial charge in [-0.3, -0.25) is 9.59 Å². The van der Waals surface area contributed by atoms with E-state index < -0.39 is 5.97 Å². The van der Waals surface area contributed by atoms with E-state index in [4.69, 9.17) is 5.11 Å². The molecule has 0 aliphatic heterocycles. The number of carboxylic acid groups (broad SMARTS) is 1. The fraction of sp³-hybridized carbons (Fsp3) is 0.467. The first-order valence-electron chi connectivity index (χ1n) is 6.58. The molecule has 0 heterocycles. The van der Waals surface area contributed by atoms with Crippen LogP contribution in [-0.2, 0) is 9.59 Å². The number of rotatable bonds is 3. The maximum absolute atomic E-state index is 12.1. The molecule has 4 nitrogen and oxygen atoms in total. The van der Waals surface area contributed by atoms with Crippen LogP contribution in [0.3, 0.4) is 0 Å². The van der Waals surface area contributed by atoms with Crippen molar-refractivity contribution < 1.29 is 14.7 Å². The second-order valence-corrected chi connectivity index (χ2v) is 5.33. The third-order valence-electron chi connectivity index (χ3n) is 3.93. The molecule has 1 amide bonds. The minimum atomic E-state index is -0.790. The number of hydrogen-bond donors (Lipinski definition) is 2. The average molecular weight is 261 g/mol. The first-order valence-corrected chi connectivity index (χ1v) is 6.58. The Hall–Kier alpha value is -1.84. The summed E-state index contributed by atoms with van der Waals surface area (Å²) in [7, 11) is 0. The van der Waals surface area contributed by atoms with Crippen molar-refractivity contribution in [2.24, 2.45) is 11.8 Å². The van der Waals surface area contributed by atoms with E-state index in [2.05, 4.69) is 5.32 Å². The summed E-state index contributed by atoms with van der Waals surface area (Å²) < 4.78 is 0. The molecule has 1 fully saturated rings. The molecule has 1 aromatic rings. The summed E-state index contributed by atoms with van der Waals surface area (Å²) in [5.74, 6) is -1.40. The van der Waals surface area contributed by atoms with Crippen LogP contribution < -0.4 is 5.32 Å². The molecular formula is C15H19NO3. The second-order valence-electron chi connectivity index (χ2n) is 5.33. The van der Waals surface area contributed by atoms with Crippen LogP contribution in [0.4, 0.5) is 5.69 Å². The van der Waals surface area contributed by atoms with Gasteiger partial charge in [-0.25, -0.2) is 0 Å². The van der Waals surface area contributed by atoms with E-state index in [-0.39, 0.29) is 17.7 Å². The van der Waals surface area contributed by atoms with E-state index in [1.807, 2.05) is 32.0 Å². The third kappa shape index (κ3) is 3.13. The Labute approximate surface area is 112 Å². The van der Waals surface area contributed by atoms with Crippen molar-refractivity contribution in [1.29, 1.82) is 0 Å². The van der Waals surface area contributed by atoms with Gasteiger partial charge in [0.2, 0.25) is 5.91 Å². The Morgan fingerprint density at radius 3 is 2.42 bits per heavy atom. The molecule has 19 heavy (non-hydrogen) atoms. The Morgan fingerprint density at radius 2 is 1.84 bits per heavy atom. The minimum Gasteiger partial charge on any atom is -0.481 e. The highest BCUT2D eigenvalue weighted by atomic mass is 16.4. The third-order valence-corrected chi connectivity index (χ3v) is 3.93. The molecule has 0 bridgehead atoms. The molecule has 0 spiro atoms. The highest BCUT2D eigenvalue weighted by Gasteiger charge is 2.33. The summed E-state index contributed by atoms with van der Waals surface area (Å²) in [5.41, 5.74) is 3.10. The van der Waals surface area contributed by atoms with Crippen LogP contribution in [0.2, 0.25) is 0 Å². The lowest BCUT2D eigenvalue weighted by molar-refractivity contribution is -0.141. The van der Waals surface area contributed by atoms with Crippen LogP contribution in [0.5, 0.6) is 0 Å². The zero-order valence-electron chi connectivity index (χ0n) is 11.3. The molecule has 0 unspecified atom stereocenters. The van der Waals surface area contributed by atoms with Crippen molar-refractivity contribution >= 4 is 17.6 Å². The van der Waals surface area contributed by atoms with Crippen molar-refractivity contribution in [1.82, 2.24) is 0 Å². The summed E-state index contributed by atoms with van der Waals surface area (Å²) in [6.45, 7) is 4.02. The van der Waals surface area contributed by atoms with E-state index in [1.54, 1.807) is 0 Å². The van der Waals surface area contributed by atoms with E-state index in [9.17, 15) is 9.59 Å². The number of aryl methyl sites for hydroxylation is 2. The van der Waals surface area contributed by atoms with Gasteiger partial charge in [0.15, 0.2) is 0 Å². The van der Waals surface area contributed by atoms with Crippen LogP contribution in [0.1, 0.15) is 30.4 Å². The largest absolute Gasteiger partial charge is 0.481 e. The molecule has 4 heteroatoms. The maximum Gasteiger partial charge on any atom is 0.306 e. The van der Waals surface area contributed by atoms with E-state index >= 15 is 0 Å². The molecule has 1 aliphatic carbocycles. The van der Waals surface area contributed by atoms with Gasteiger partial charge in [0.1, 0.15) is 0 Å². The predicted octanol–water partition coefficient (Wildman–Crippen LogP) is 2.74. The number of amides is 1. The van der Waals surface area contributed by atoms with Crippen LogP contribution in [-0.4, -0.2) is 17.0 Å². The lowest BCUT2D eigenvalue weighted by atomic mass is 10.0. The monoisotopic (exact) mass is 261 g/mol. The number of carbonyl (C=O) groups is 2. The standard InChI is InChI=1S/C15H19NO3/c1-9-3-6-13(7-10(9)2)16-14(17)11-4-5-12(8-11)15(18)19/h3,6-7,11-12H,4-5,8H2,1-2H3,(H,16,17)(H,18,19)/t11-,12+/m0/s1. The van der Waals surface area contributed by atoms with Crippen LogP contribution >= 0.6 is 0 Å². The van der Waals surface area contributed by atoms with E-state index in [0.29, 0.717) is 19.3 Å². The van der Waals surface area contributed by atoms with Crippen LogP contribution in [0, 0.1) is 25.7 Å². The van der Waals surface area contributed by atoms with Crippen molar-refractivity contribution in [3.8, 4) is 0 Å². The fourth-order valence-electron chi connectivity index (χ4n) is 2.51. The van der Waals surface area contributed by atoms with Crippen LogP contribution in [0.15, 0.2) is 18.2 Å². The maximum atomic E-state index is 12.1. The summed E-state index contributed by atoms with van der Waals surface area (Å²) in [5, 5.41) is 11.8. The number of anilines is 1.